The molecule has 0 bridgehead atoms. The Morgan fingerprint density at radius 2 is 1.37 bits per heavy atom. The normalized spacial score (nSPS) is 11.3. The summed E-state index contributed by atoms with van der Waals surface area (Å²) < 4.78 is 23.9. The molecule has 0 aliphatic rings. The van der Waals surface area contributed by atoms with Gasteiger partial charge in [-0.2, -0.15) is 10.5 Å². The summed E-state index contributed by atoms with van der Waals surface area (Å²) >= 11 is 1.27. The fourth-order valence-corrected chi connectivity index (χ4v) is 5.67. The number of nitrogens with one attached hydrogen (secondary N) is 2. The van der Waals surface area contributed by atoms with Crippen LogP contribution >= 0.6 is 11.3 Å². The summed E-state index contributed by atoms with van der Waals surface area (Å²) in [6, 6.07) is 10.5. The van der Waals surface area contributed by atoms with Gasteiger partial charge in [0.25, 0.3) is 0 Å². The average molecular weight is 616 g/mol. The lowest BCUT2D eigenvalue weighted by Crippen LogP contribution is -2.49. The van der Waals surface area contributed by atoms with Gasteiger partial charge in [-0.15, -0.1) is 11.3 Å². The summed E-state index contributed by atoms with van der Waals surface area (Å²) in [6.45, 7) is 23.6. The van der Waals surface area contributed by atoms with Crippen LogP contribution in [0.3, 0.4) is 0 Å². The monoisotopic (exact) mass is 615 g/mol. The summed E-state index contributed by atoms with van der Waals surface area (Å²) in [5, 5.41) is 19.4. The van der Waals surface area contributed by atoms with Crippen LogP contribution in [0.4, 0.5) is 16.4 Å². The van der Waals surface area contributed by atoms with Crippen LogP contribution in [0.15, 0.2) is 18.2 Å². The van der Waals surface area contributed by atoms with Crippen LogP contribution in [0.2, 0.25) is 0 Å². The molecule has 0 radical (unpaired) electrons. The van der Waals surface area contributed by atoms with Gasteiger partial charge in [-0.3, -0.25) is 10.9 Å². The standard InChI is InChI=1S/C32H51N6O4S/c1-7-37(13-15-39-17-19-41-21-22-42-20-18-40-16-14-38(8-2,9-3)10-4)28-11-12-30(26(5)23-28)35-36-32-29(24-33)27(6)31(25-34)43-32/h11-12,23,35-36H,7-10,13-22H2,1-6H3/q+1. The molecule has 10 nitrogen and oxygen atoms in total. The van der Waals surface area contributed by atoms with Crippen molar-refractivity contribution in [3.05, 3.63) is 39.8 Å². The Morgan fingerprint density at radius 1 is 0.791 bits per heavy atom. The number of nitriles is 2. The molecule has 0 aliphatic heterocycles. The van der Waals surface area contributed by atoms with Gasteiger partial charge < -0.3 is 28.3 Å². The van der Waals surface area contributed by atoms with Crippen LogP contribution < -0.4 is 15.8 Å². The molecule has 1 heterocycles. The maximum absolute atomic E-state index is 9.46. The summed E-state index contributed by atoms with van der Waals surface area (Å²) in [5.74, 6) is 0. The second-order valence-corrected chi connectivity index (χ2v) is 11.3. The number of hydrazine groups is 1. The number of anilines is 3. The van der Waals surface area contributed by atoms with Crippen molar-refractivity contribution in [2.75, 3.05) is 108 Å². The fraction of sp³-hybridized carbons (Fsp3) is 0.625. The molecular weight excluding hydrogens is 564 g/mol. The molecule has 2 aromatic rings. The lowest BCUT2D eigenvalue weighted by molar-refractivity contribution is -0.923. The first-order chi connectivity index (χ1) is 20.9. The van der Waals surface area contributed by atoms with Crippen molar-refractivity contribution in [2.24, 2.45) is 0 Å². The van der Waals surface area contributed by atoms with E-state index in [1.165, 1.54) is 11.3 Å². The van der Waals surface area contributed by atoms with E-state index in [1.807, 2.05) is 13.0 Å². The maximum Gasteiger partial charge on any atom is 0.127 e. The van der Waals surface area contributed by atoms with Gasteiger partial charge in [0.1, 0.15) is 28.6 Å². The van der Waals surface area contributed by atoms with E-state index in [2.05, 4.69) is 67.7 Å². The van der Waals surface area contributed by atoms with E-state index in [0.29, 0.717) is 67.3 Å². The molecule has 0 unspecified atom stereocenters. The second kappa shape index (κ2) is 20.1. The predicted molar refractivity (Wildman–Crippen MR) is 175 cm³/mol. The van der Waals surface area contributed by atoms with Crippen molar-refractivity contribution in [1.29, 1.82) is 10.5 Å². The maximum atomic E-state index is 9.46. The molecule has 0 aliphatic carbocycles. The van der Waals surface area contributed by atoms with E-state index in [9.17, 15) is 10.5 Å². The highest BCUT2D eigenvalue weighted by atomic mass is 32.1. The number of nitrogens with zero attached hydrogens (tertiary/aromatic N) is 4. The van der Waals surface area contributed by atoms with Gasteiger partial charge in [0.2, 0.25) is 0 Å². The molecule has 0 saturated carbocycles. The molecule has 238 valence electrons. The van der Waals surface area contributed by atoms with E-state index >= 15 is 0 Å². The van der Waals surface area contributed by atoms with Gasteiger partial charge in [0, 0.05) is 18.8 Å². The lowest BCUT2D eigenvalue weighted by Gasteiger charge is -2.35. The third-order valence-corrected chi connectivity index (χ3v) is 9.08. The molecule has 0 amide bonds. The van der Waals surface area contributed by atoms with E-state index in [0.717, 1.165) is 67.3 Å². The Labute approximate surface area is 262 Å². The summed E-state index contributed by atoms with van der Waals surface area (Å²) in [4.78, 5) is 2.81. The quantitative estimate of drug-likeness (QED) is 0.0975. The number of quaternary nitrogens is 1. The number of hydrogen-bond acceptors (Lipinski definition) is 10. The van der Waals surface area contributed by atoms with Crippen LogP contribution in [0.25, 0.3) is 0 Å². The number of ether oxygens (including phenoxy) is 4. The zero-order valence-electron chi connectivity index (χ0n) is 27.0. The van der Waals surface area contributed by atoms with Crippen molar-refractivity contribution in [2.45, 2.75) is 41.5 Å². The molecule has 0 fully saturated rings. The van der Waals surface area contributed by atoms with Crippen molar-refractivity contribution in [3.63, 3.8) is 0 Å². The first kappa shape index (κ1) is 36.3. The number of hydrogen-bond donors (Lipinski definition) is 2. The van der Waals surface area contributed by atoms with Gasteiger partial charge >= 0.3 is 0 Å². The Kier molecular flexibility index (Phi) is 17.0. The zero-order chi connectivity index (χ0) is 31.5. The van der Waals surface area contributed by atoms with Gasteiger partial charge in [-0.25, -0.2) is 0 Å². The van der Waals surface area contributed by atoms with Crippen LogP contribution in [0.5, 0.6) is 0 Å². The van der Waals surface area contributed by atoms with Crippen molar-refractivity contribution in [3.8, 4) is 12.1 Å². The Hall–Kier alpha value is -2.90. The first-order valence-electron chi connectivity index (χ1n) is 15.4. The van der Waals surface area contributed by atoms with Crippen LogP contribution in [-0.2, 0) is 18.9 Å². The molecule has 11 heteroatoms. The molecule has 0 saturated heterocycles. The van der Waals surface area contributed by atoms with Crippen LogP contribution in [-0.4, -0.2) is 96.6 Å². The molecule has 2 rings (SSSR count). The average Bonchev–Trinajstić information content (AvgIpc) is 3.34. The number of rotatable bonds is 23. The summed E-state index contributed by atoms with van der Waals surface area (Å²) in [7, 11) is 0. The van der Waals surface area contributed by atoms with Crippen LogP contribution in [0, 0.1) is 36.5 Å². The third-order valence-electron chi connectivity index (χ3n) is 7.97. The SMILES string of the molecule is CCN(CCOCCOCCOCCOCC[N+](CC)(CC)CC)c1ccc(NNc2sc(C#N)c(C)c2C#N)c(C)c1. The van der Waals surface area contributed by atoms with Gasteiger partial charge in [0.05, 0.1) is 83.7 Å². The van der Waals surface area contributed by atoms with Gasteiger partial charge in [0.15, 0.2) is 0 Å². The largest absolute Gasteiger partial charge is 0.377 e. The smallest absolute Gasteiger partial charge is 0.127 e. The molecule has 1 aromatic heterocycles. The van der Waals surface area contributed by atoms with E-state index in [1.54, 1.807) is 6.92 Å². The molecule has 2 N–H and O–H groups in total. The number of aryl methyl sites for hydroxylation is 1. The Morgan fingerprint density at radius 3 is 1.88 bits per heavy atom. The van der Waals surface area contributed by atoms with Crippen LogP contribution in [0.1, 0.15) is 49.3 Å². The highest BCUT2D eigenvalue weighted by molar-refractivity contribution is 7.17. The minimum absolute atomic E-state index is 0.493. The highest BCUT2D eigenvalue weighted by Crippen LogP contribution is 2.32. The lowest BCUT2D eigenvalue weighted by atomic mass is 10.1. The summed E-state index contributed by atoms with van der Waals surface area (Å²) in [6.07, 6.45) is 0. The Balaban J connectivity index is 1.59. The highest BCUT2D eigenvalue weighted by Gasteiger charge is 2.20. The van der Waals surface area contributed by atoms with Crippen molar-refractivity contribution >= 4 is 27.7 Å². The third kappa shape index (κ3) is 11.6. The van der Waals surface area contributed by atoms with Crippen molar-refractivity contribution < 1.29 is 23.4 Å². The fourth-order valence-electron chi connectivity index (χ4n) is 4.76. The first-order valence-corrected chi connectivity index (χ1v) is 16.2. The number of thiophene rings is 1. The minimum Gasteiger partial charge on any atom is -0.377 e. The topological polar surface area (TPSA) is 112 Å². The minimum atomic E-state index is 0.493. The molecule has 0 spiro atoms. The van der Waals surface area contributed by atoms with Crippen molar-refractivity contribution in [1.82, 2.24) is 0 Å². The second-order valence-electron chi connectivity index (χ2n) is 10.3. The zero-order valence-corrected chi connectivity index (χ0v) is 27.8. The van der Waals surface area contributed by atoms with Gasteiger partial charge in [-0.1, -0.05) is 0 Å². The summed E-state index contributed by atoms with van der Waals surface area (Å²) in [5.41, 5.74) is 10.6. The van der Waals surface area contributed by atoms with E-state index in [-0.39, 0.29) is 0 Å². The molecular formula is C32H51N6O4S+. The predicted octanol–water partition coefficient (Wildman–Crippen LogP) is 5.32. The Bertz CT molecular complexity index is 1160. The van der Waals surface area contributed by atoms with Gasteiger partial charge in [-0.05, 0) is 70.9 Å². The molecule has 43 heavy (non-hydrogen) atoms. The van der Waals surface area contributed by atoms with E-state index in [4.69, 9.17) is 18.9 Å². The van der Waals surface area contributed by atoms with E-state index < -0.39 is 0 Å². The number of likely N-dealkylation sites (N-methyl/N-ethyl adjacent to an activating group) is 2. The number of benzene rings is 1. The molecule has 0 atom stereocenters. The molecule has 1 aromatic carbocycles.